The van der Waals surface area contributed by atoms with Crippen molar-refractivity contribution in [3.63, 3.8) is 0 Å². The van der Waals surface area contributed by atoms with Gasteiger partial charge in [0, 0.05) is 30.1 Å². The highest BCUT2D eigenvalue weighted by Gasteiger charge is 2.25. The van der Waals surface area contributed by atoms with Crippen LogP contribution in [0.25, 0.3) is 0 Å². The highest BCUT2D eigenvalue weighted by molar-refractivity contribution is 6.30. The maximum atomic E-state index is 12.2. The lowest BCUT2D eigenvalue weighted by Gasteiger charge is -2.26. The lowest BCUT2D eigenvalue weighted by molar-refractivity contribution is -0.121. The molecule has 2 aromatic rings. The van der Waals surface area contributed by atoms with Crippen LogP contribution in [0.2, 0.25) is 5.02 Å². The fourth-order valence-electron chi connectivity index (χ4n) is 3.24. The van der Waals surface area contributed by atoms with Crippen LogP contribution in [0.3, 0.4) is 0 Å². The topological polar surface area (TPSA) is 74.6 Å². The number of hydrogen-bond donors (Lipinski definition) is 2. The van der Waals surface area contributed by atoms with Gasteiger partial charge in [-0.25, -0.2) is 0 Å². The summed E-state index contributed by atoms with van der Waals surface area (Å²) >= 11 is 5.81. The van der Waals surface area contributed by atoms with Crippen molar-refractivity contribution in [1.29, 1.82) is 0 Å². The Hall–Kier alpha value is -2.31. The first kappa shape index (κ1) is 19.5. The number of rotatable bonds is 8. The second kappa shape index (κ2) is 9.58. The molecule has 0 radical (unpaired) electrons. The van der Waals surface area contributed by atoms with Gasteiger partial charge in [0.25, 0.3) is 5.91 Å². The lowest BCUT2D eigenvalue weighted by Crippen LogP contribution is -2.37. The van der Waals surface area contributed by atoms with Crippen molar-refractivity contribution in [2.75, 3.05) is 26.2 Å². The van der Waals surface area contributed by atoms with Crippen LogP contribution in [0.5, 0.6) is 0 Å². The molecule has 1 aliphatic rings. The third kappa shape index (κ3) is 5.58. The molecule has 0 saturated carbocycles. The van der Waals surface area contributed by atoms with E-state index in [9.17, 15) is 9.59 Å². The molecule has 0 aliphatic carbocycles. The monoisotopic (exact) mass is 389 g/mol. The number of nitrogens with zero attached hydrogens (tertiary/aromatic N) is 1. The number of furan rings is 1. The molecule has 1 atom stereocenters. The first-order valence-electron chi connectivity index (χ1n) is 9.21. The Labute approximate surface area is 163 Å². The SMILES string of the molecule is O=C(CCNC(=O)c1ccc(Cl)cc1)NC[C@H](c1ccco1)N1CCCC1. The Balaban J connectivity index is 1.43. The predicted molar refractivity (Wildman–Crippen MR) is 104 cm³/mol. The zero-order chi connectivity index (χ0) is 19.1. The van der Waals surface area contributed by atoms with E-state index >= 15 is 0 Å². The standard InChI is InChI=1S/C20H24ClN3O3/c21-16-7-5-15(6-8-16)20(26)22-10-9-19(25)23-14-17(18-4-3-13-27-18)24-11-1-2-12-24/h3-8,13,17H,1-2,9-12,14H2,(H,22,26)(H,23,25)/t17-/m1/s1. The molecule has 6 nitrogen and oxygen atoms in total. The zero-order valence-corrected chi connectivity index (χ0v) is 15.9. The maximum absolute atomic E-state index is 12.2. The van der Waals surface area contributed by atoms with E-state index in [4.69, 9.17) is 16.0 Å². The van der Waals surface area contributed by atoms with E-state index in [0.717, 1.165) is 18.8 Å². The van der Waals surface area contributed by atoms with Crippen molar-refractivity contribution in [3.8, 4) is 0 Å². The lowest BCUT2D eigenvalue weighted by atomic mass is 10.2. The van der Waals surface area contributed by atoms with Gasteiger partial charge in [0.2, 0.25) is 5.91 Å². The van der Waals surface area contributed by atoms with Gasteiger partial charge in [0.15, 0.2) is 0 Å². The molecule has 2 heterocycles. The molecule has 3 rings (SSSR count). The summed E-state index contributed by atoms with van der Waals surface area (Å²) in [4.78, 5) is 26.5. The number of amides is 2. The number of nitrogens with one attached hydrogen (secondary N) is 2. The van der Waals surface area contributed by atoms with Crippen molar-refractivity contribution in [3.05, 3.63) is 59.0 Å². The molecule has 1 aromatic heterocycles. The Morgan fingerprint density at radius 1 is 1.11 bits per heavy atom. The summed E-state index contributed by atoms with van der Waals surface area (Å²) in [5.74, 6) is 0.556. The molecule has 1 aromatic carbocycles. The summed E-state index contributed by atoms with van der Waals surface area (Å²) < 4.78 is 5.55. The van der Waals surface area contributed by atoms with Gasteiger partial charge < -0.3 is 15.1 Å². The van der Waals surface area contributed by atoms with Crippen molar-refractivity contribution in [1.82, 2.24) is 15.5 Å². The number of carbonyl (C=O) groups excluding carboxylic acids is 2. The van der Waals surface area contributed by atoms with E-state index in [-0.39, 0.29) is 30.8 Å². The van der Waals surface area contributed by atoms with Crippen molar-refractivity contribution in [2.24, 2.45) is 0 Å². The largest absolute Gasteiger partial charge is 0.468 e. The average molecular weight is 390 g/mol. The first-order chi connectivity index (χ1) is 13.1. The smallest absolute Gasteiger partial charge is 0.251 e. The second-order valence-corrected chi connectivity index (χ2v) is 7.03. The fourth-order valence-corrected chi connectivity index (χ4v) is 3.36. The van der Waals surface area contributed by atoms with Crippen LogP contribution in [0.4, 0.5) is 0 Å². The number of likely N-dealkylation sites (tertiary alicyclic amines) is 1. The minimum Gasteiger partial charge on any atom is -0.468 e. The third-order valence-electron chi connectivity index (χ3n) is 4.69. The average Bonchev–Trinajstić information content (AvgIpc) is 3.37. The Bertz CT molecular complexity index is 740. The minimum atomic E-state index is -0.218. The number of carbonyl (C=O) groups is 2. The molecule has 0 bridgehead atoms. The van der Waals surface area contributed by atoms with Gasteiger partial charge in [0.05, 0.1) is 12.3 Å². The molecule has 2 amide bonds. The highest BCUT2D eigenvalue weighted by atomic mass is 35.5. The summed E-state index contributed by atoms with van der Waals surface area (Å²) in [6, 6.07) is 10.5. The second-order valence-electron chi connectivity index (χ2n) is 6.59. The van der Waals surface area contributed by atoms with Gasteiger partial charge in [-0.3, -0.25) is 14.5 Å². The van der Waals surface area contributed by atoms with E-state index in [1.807, 2.05) is 12.1 Å². The van der Waals surface area contributed by atoms with Crippen LogP contribution in [-0.4, -0.2) is 42.9 Å². The van der Waals surface area contributed by atoms with Crippen molar-refractivity contribution in [2.45, 2.75) is 25.3 Å². The third-order valence-corrected chi connectivity index (χ3v) is 4.94. The van der Waals surface area contributed by atoms with Gasteiger partial charge in [-0.05, 0) is 62.3 Å². The quantitative estimate of drug-likeness (QED) is 0.727. The van der Waals surface area contributed by atoms with E-state index in [2.05, 4.69) is 15.5 Å². The molecular weight excluding hydrogens is 366 g/mol. The molecule has 0 unspecified atom stereocenters. The molecule has 0 spiro atoms. The Morgan fingerprint density at radius 3 is 2.52 bits per heavy atom. The summed E-state index contributed by atoms with van der Waals surface area (Å²) in [6.07, 6.45) is 4.22. The van der Waals surface area contributed by atoms with E-state index in [1.54, 1.807) is 30.5 Å². The Kier molecular flexibility index (Phi) is 6.90. The molecule has 27 heavy (non-hydrogen) atoms. The van der Waals surface area contributed by atoms with Gasteiger partial charge in [0.1, 0.15) is 5.76 Å². The number of hydrogen-bond acceptors (Lipinski definition) is 4. The van der Waals surface area contributed by atoms with Crippen LogP contribution >= 0.6 is 11.6 Å². The number of halogens is 1. The van der Waals surface area contributed by atoms with Crippen LogP contribution in [0, 0.1) is 0 Å². The molecule has 1 saturated heterocycles. The molecule has 144 valence electrons. The van der Waals surface area contributed by atoms with Gasteiger partial charge >= 0.3 is 0 Å². The van der Waals surface area contributed by atoms with E-state index in [0.29, 0.717) is 17.1 Å². The minimum absolute atomic E-state index is 0.0510. The summed E-state index contributed by atoms with van der Waals surface area (Å²) in [5, 5.41) is 6.29. The molecule has 2 N–H and O–H groups in total. The summed E-state index contributed by atoms with van der Waals surface area (Å²) in [5.41, 5.74) is 0.520. The van der Waals surface area contributed by atoms with Crippen LogP contribution in [0.15, 0.2) is 47.1 Å². The van der Waals surface area contributed by atoms with Gasteiger partial charge in [-0.15, -0.1) is 0 Å². The Morgan fingerprint density at radius 2 is 1.85 bits per heavy atom. The van der Waals surface area contributed by atoms with Crippen molar-refractivity contribution < 1.29 is 14.0 Å². The van der Waals surface area contributed by atoms with E-state index in [1.165, 1.54) is 12.8 Å². The summed E-state index contributed by atoms with van der Waals surface area (Å²) in [7, 11) is 0. The van der Waals surface area contributed by atoms with E-state index < -0.39 is 0 Å². The van der Waals surface area contributed by atoms with Gasteiger partial charge in [-0.1, -0.05) is 11.6 Å². The van der Waals surface area contributed by atoms with Crippen LogP contribution in [-0.2, 0) is 4.79 Å². The zero-order valence-electron chi connectivity index (χ0n) is 15.1. The highest BCUT2D eigenvalue weighted by Crippen LogP contribution is 2.24. The molecule has 7 heteroatoms. The van der Waals surface area contributed by atoms with Crippen LogP contribution in [0.1, 0.15) is 41.4 Å². The van der Waals surface area contributed by atoms with Gasteiger partial charge in [-0.2, -0.15) is 0 Å². The van der Waals surface area contributed by atoms with Crippen molar-refractivity contribution >= 4 is 23.4 Å². The first-order valence-corrected chi connectivity index (χ1v) is 9.59. The molecule has 1 fully saturated rings. The normalized spacial score (nSPS) is 15.4. The molecular formula is C20H24ClN3O3. The summed E-state index contributed by atoms with van der Waals surface area (Å²) in [6.45, 7) is 2.80. The molecule has 1 aliphatic heterocycles. The van der Waals surface area contributed by atoms with Crippen LogP contribution < -0.4 is 10.6 Å². The fraction of sp³-hybridized carbons (Fsp3) is 0.400. The maximum Gasteiger partial charge on any atom is 0.251 e. The predicted octanol–water partition coefficient (Wildman–Crippen LogP) is 3.01. The number of benzene rings is 1.